The Labute approximate surface area is 66.7 Å². The molecule has 0 aromatic carbocycles. The molecule has 3 atom stereocenters. The topological polar surface area (TPSA) is 24.5 Å². The highest BCUT2D eigenvalue weighted by Gasteiger charge is 2.46. The van der Waals surface area contributed by atoms with Crippen LogP contribution in [0.5, 0.6) is 0 Å². The Kier molecular flexibility index (Phi) is 1.27. The molecule has 3 heteroatoms. The molecule has 3 aliphatic heterocycles. The van der Waals surface area contributed by atoms with Gasteiger partial charge in [0.1, 0.15) is 0 Å². The summed E-state index contributed by atoms with van der Waals surface area (Å²) in [6.07, 6.45) is 2.79. The summed E-state index contributed by atoms with van der Waals surface area (Å²) >= 11 is 0. The lowest BCUT2D eigenvalue weighted by molar-refractivity contribution is 0.0677. The van der Waals surface area contributed by atoms with Crippen molar-refractivity contribution in [2.45, 2.75) is 24.9 Å². The maximum atomic E-state index is 5.24. The molecule has 0 aliphatic carbocycles. The van der Waals surface area contributed by atoms with Crippen molar-refractivity contribution in [3.05, 3.63) is 0 Å². The Morgan fingerprint density at radius 3 is 3.45 bits per heavy atom. The van der Waals surface area contributed by atoms with Gasteiger partial charge in [0.15, 0.2) is 0 Å². The predicted octanol–water partition coefficient (Wildman–Crippen LogP) is -0.0160. The quantitative estimate of drug-likeness (QED) is 0.531. The zero-order chi connectivity index (χ0) is 7.26. The highest BCUT2D eigenvalue weighted by atomic mass is 16.7. The van der Waals surface area contributed by atoms with Gasteiger partial charge in [0.25, 0.3) is 0 Å². The van der Waals surface area contributed by atoms with Crippen molar-refractivity contribution in [2.24, 2.45) is 5.92 Å². The van der Waals surface area contributed by atoms with Gasteiger partial charge in [-0.25, -0.2) is 0 Å². The number of fused-ring (bicyclic) bond motifs is 3. The molecule has 0 aromatic heterocycles. The van der Waals surface area contributed by atoms with E-state index in [9.17, 15) is 0 Å². The number of nitrogens with zero attached hydrogens (tertiary/aromatic N) is 1. The van der Waals surface area contributed by atoms with E-state index in [2.05, 4.69) is 10.4 Å². The van der Waals surface area contributed by atoms with Crippen LogP contribution >= 0.6 is 0 Å². The second kappa shape index (κ2) is 2.19. The van der Waals surface area contributed by atoms with Crippen molar-refractivity contribution < 1.29 is 4.84 Å². The number of hydrogen-bond donors (Lipinski definition) is 1. The van der Waals surface area contributed by atoms with Crippen LogP contribution in [-0.4, -0.2) is 36.7 Å². The van der Waals surface area contributed by atoms with Crippen LogP contribution in [0.15, 0.2) is 0 Å². The van der Waals surface area contributed by atoms with Gasteiger partial charge in [-0.15, -0.1) is 0 Å². The molecule has 1 N–H and O–H groups in total. The fraction of sp³-hybridized carbons (Fsp3) is 1.00. The van der Waals surface area contributed by atoms with Crippen LogP contribution in [0.25, 0.3) is 0 Å². The predicted molar refractivity (Wildman–Crippen MR) is 41.0 cm³/mol. The molecule has 0 amide bonds. The first-order chi connectivity index (χ1) is 5.45. The monoisotopic (exact) mass is 154 g/mol. The molecular formula is C8H14N2O. The minimum Gasteiger partial charge on any atom is -0.301 e. The molecule has 0 spiro atoms. The van der Waals surface area contributed by atoms with Gasteiger partial charge in [0.2, 0.25) is 0 Å². The zero-order valence-corrected chi connectivity index (χ0v) is 6.62. The van der Waals surface area contributed by atoms with E-state index >= 15 is 0 Å². The summed E-state index contributed by atoms with van der Waals surface area (Å²) in [6.45, 7) is 3.47. The first-order valence-corrected chi connectivity index (χ1v) is 4.56. The summed E-state index contributed by atoms with van der Waals surface area (Å²) < 4.78 is 0. The molecule has 0 saturated carbocycles. The van der Waals surface area contributed by atoms with Gasteiger partial charge in [-0.1, -0.05) is 0 Å². The van der Waals surface area contributed by atoms with E-state index in [0.29, 0.717) is 6.04 Å². The van der Waals surface area contributed by atoms with Crippen LogP contribution in [0.1, 0.15) is 12.8 Å². The second-order valence-electron chi connectivity index (χ2n) is 3.90. The summed E-state index contributed by atoms with van der Waals surface area (Å²) in [6, 6.07) is 1.48. The Morgan fingerprint density at radius 1 is 1.45 bits per heavy atom. The summed E-state index contributed by atoms with van der Waals surface area (Å²) in [4.78, 5) is 7.86. The third-order valence-electron chi connectivity index (χ3n) is 3.37. The Balaban J connectivity index is 1.84. The normalized spacial score (nSPS) is 49.6. The van der Waals surface area contributed by atoms with E-state index in [1.165, 1.54) is 25.9 Å². The highest BCUT2D eigenvalue weighted by Crippen LogP contribution is 2.35. The van der Waals surface area contributed by atoms with Gasteiger partial charge >= 0.3 is 0 Å². The molecule has 3 rings (SSSR count). The van der Waals surface area contributed by atoms with E-state index in [4.69, 9.17) is 4.84 Å². The molecule has 3 fully saturated rings. The molecule has 3 saturated heterocycles. The lowest BCUT2D eigenvalue weighted by Gasteiger charge is -2.17. The van der Waals surface area contributed by atoms with E-state index in [1.54, 1.807) is 0 Å². The van der Waals surface area contributed by atoms with Gasteiger partial charge in [-0.05, 0) is 19.4 Å². The summed E-state index contributed by atoms with van der Waals surface area (Å²) in [5, 5.41) is 0. The average molecular weight is 154 g/mol. The van der Waals surface area contributed by atoms with Crippen molar-refractivity contribution >= 4 is 0 Å². The van der Waals surface area contributed by atoms with Crippen molar-refractivity contribution in [3.8, 4) is 0 Å². The molecule has 0 radical (unpaired) electrons. The summed E-state index contributed by atoms with van der Waals surface area (Å²) in [5.41, 5.74) is 3.11. The Bertz CT molecular complexity index is 155. The lowest BCUT2D eigenvalue weighted by atomic mass is 9.97. The van der Waals surface area contributed by atoms with Crippen molar-refractivity contribution in [1.82, 2.24) is 10.4 Å². The molecule has 0 bridgehead atoms. The molecule has 3 heterocycles. The van der Waals surface area contributed by atoms with Gasteiger partial charge < -0.3 is 4.84 Å². The fourth-order valence-corrected chi connectivity index (χ4v) is 2.82. The standard InChI is InChI=1S/C8H14N2O/c1-2-8-6-5-11-9-7(6)4-10(8)3-1/h6-9H,1-5H2/t6-,7-,8+/m1/s1. The van der Waals surface area contributed by atoms with Gasteiger partial charge in [0, 0.05) is 18.5 Å². The Hall–Kier alpha value is -0.120. The maximum Gasteiger partial charge on any atom is 0.0741 e. The van der Waals surface area contributed by atoms with Crippen molar-refractivity contribution in [1.29, 1.82) is 0 Å². The number of nitrogens with one attached hydrogen (secondary N) is 1. The molecule has 62 valence electrons. The summed E-state index contributed by atoms with van der Waals surface area (Å²) in [5.74, 6) is 0.789. The van der Waals surface area contributed by atoms with Crippen molar-refractivity contribution in [2.75, 3.05) is 19.7 Å². The van der Waals surface area contributed by atoms with Crippen LogP contribution in [-0.2, 0) is 4.84 Å². The highest BCUT2D eigenvalue weighted by molar-refractivity contribution is 5.00. The van der Waals surface area contributed by atoms with Gasteiger partial charge in [-0.2, -0.15) is 5.48 Å². The first kappa shape index (κ1) is 6.40. The molecule has 0 aromatic rings. The Morgan fingerprint density at radius 2 is 2.45 bits per heavy atom. The SMILES string of the molecule is C1C[C@H]2[C@@H]3CON[C@@H]3CN2C1. The smallest absolute Gasteiger partial charge is 0.0741 e. The largest absolute Gasteiger partial charge is 0.301 e. The molecule has 3 aliphatic rings. The van der Waals surface area contributed by atoms with Gasteiger partial charge in [-0.3, -0.25) is 4.90 Å². The lowest BCUT2D eigenvalue weighted by Crippen LogP contribution is -2.29. The molecule has 0 unspecified atom stereocenters. The number of hydroxylamine groups is 1. The van der Waals surface area contributed by atoms with E-state index < -0.39 is 0 Å². The van der Waals surface area contributed by atoms with Crippen LogP contribution < -0.4 is 5.48 Å². The number of rotatable bonds is 0. The van der Waals surface area contributed by atoms with E-state index in [0.717, 1.165) is 18.6 Å². The van der Waals surface area contributed by atoms with Crippen LogP contribution in [0.3, 0.4) is 0 Å². The van der Waals surface area contributed by atoms with Crippen molar-refractivity contribution in [3.63, 3.8) is 0 Å². The third-order valence-corrected chi connectivity index (χ3v) is 3.37. The van der Waals surface area contributed by atoms with Crippen LogP contribution in [0.2, 0.25) is 0 Å². The van der Waals surface area contributed by atoms with Gasteiger partial charge in [0.05, 0.1) is 12.6 Å². The second-order valence-corrected chi connectivity index (χ2v) is 3.90. The minimum atomic E-state index is 0.639. The first-order valence-electron chi connectivity index (χ1n) is 4.56. The maximum absolute atomic E-state index is 5.24. The average Bonchev–Trinajstić information content (AvgIpc) is 2.52. The van der Waals surface area contributed by atoms with Crippen LogP contribution in [0, 0.1) is 5.92 Å². The summed E-state index contributed by atoms with van der Waals surface area (Å²) in [7, 11) is 0. The minimum absolute atomic E-state index is 0.639. The van der Waals surface area contributed by atoms with E-state index in [1.807, 2.05) is 0 Å². The number of hydrogen-bond acceptors (Lipinski definition) is 3. The molecule has 11 heavy (non-hydrogen) atoms. The third kappa shape index (κ3) is 0.789. The fourth-order valence-electron chi connectivity index (χ4n) is 2.82. The zero-order valence-electron chi connectivity index (χ0n) is 6.62. The molecule has 3 nitrogen and oxygen atoms in total. The molecular weight excluding hydrogens is 140 g/mol. The van der Waals surface area contributed by atoms with E-state index in [-0.39, 0.29) is 0 Å². The van der Waals surface area contributed by atoms with Crippen LogP contribution in [0.4, 0.5) is 0 Å².